The molecule has 88 valence electrons. The molecule has 1 aromatic carbocycles. The number of aromatic nitrogens is 2. The number of nitrogens with one attached hydrogen (secondary N) is 1. The van der Waals surface area contributed by atoms with Gasteiger partial charge in [0.05, 0.1) is 6.04 Å². The molecule has 3 N–H and O–H groups in total. The van der Waals surface area contributed by atoms with Crippen LogP contribution in [0.4, 0.5) is 16.0 Å². The van der Waals surface area contributed by atoms with E-state index in [-0.39, 0.29) is 11.9 Å². The van der Waals surface area contributed by atoms with Crippen LogP contribution in [0.15, 0.2) is 36.4 Å². The number of halogens is 1. The van der Waals surface area contributed by atoms with Gasteiger partial charge in [0.2, 0.25) is 0 Å². The van der Waals surface area contributed by atoms with Gasteiger partial charge in [-0.25, -0.2) is 4.39 Å². The van der Waals surface area contributed by atoms with Gasteiger partial charge in [-0.05, 0) is 36.8 Å². The Kier molecular flexibility index (Phi) is 3.18. The molecule has 0 fully saturated rings. The van der Waals surface area contributed by atoms with Crippen molar-refractivity contribution in [3.05, 3.63) is 47.8 Å². The van der Waals surface area contributed by atoms with Crippen molar-refractivity contribution in [2.75, 3.05) is 11.1 Å². The van der Waals surface area contributed by atoms with Crippen LogP contribution in [0, 0.1) is 5.82 Å². The smallest absolute Gasteiger partial charge is 0.149 e. The molecule has 0 aliphatic heterocycles. The fourth-order valence-electron chi connectivity index (χ4n) is 1.50. The van der Waals surface area contributed by atoms with Crippen molar-refractivity contribution in [3.8, 4) is 0 Å². The molecule has 0 spiro atoms. The third kappa shape index (κ3) is 2.90. The zero-order chi connectivity index (χ0) is 12.3. The van der Waals surface area contributed by atoms with E-state index in [1.54, 1.807) is 18.2 Å². The van der Waals surface area contributed by atoms with E-state index in [1.807, 2.05) is 13.0 Å². The average Bonchev–Trinajstić information content (AvgIpc) is 2.32. The lowest BCUT2D eigenvalue weighted by molar-refractivity contribution is 0.623. The van der Waals surface area contributed by atoms with Crippen molar-refractivity contribution >= 4 is 11.6 Å². The summed E-state index contributed by atoms with van der Waals surface area (Å²) in [5, 5.41) is 10.7. The van der Waals surface area contributed by atoms with Gasteiger partial charge in [0, 0.05) is 0 Å². The minimum absolute atomic E-state index is 0.0522. The average molecular weight is 232 g/mol. The zero-order valence-corrected chi connectivity index (χ0v) is 9.39. The first-order valence-electron chi connectivity index (χ1n) is 5.26. The molecular formula is C12H13FN4. The van der Waals surface area contributed by atoms with E-state index >= 15 is 0 Å². The summed E-state index contributed by atoms with van der Waals surface area (Å²) in [4.78, 5) is 0. The molecule has 1 atom stereocenters. The van der Waals surface area contributed by atoms with Crippen LogP contribution >= 0.6 is 0 Å². The number of nitrogens with two attached hydrogens (primary N) is 1. The third-order valence-corrected chi connectivity index (χ3v) is 2.40. The summed E-state index contributed by atoms with van der Waals surface area (Å²) >= 11 is 0. The van der Waals surface area contributed by atoms with E-state index < -0.39 is 0 Å². The molecule has 2 aromatic rings. The van der Waals surface area contributed by atoms with Crippen LogP contribution in [0.3, 0.4) is 0 Å². The van der Waals surface area contributed by atoms with Gasteiger partial charge in [0.25, 0.3) is 0 Å². The third-order valence-electron chi connectivity index (χ3n) is 2.40. The summed E-state index contributed by atoms with van der Waals surface area (Å²) in [5.74, 6) is 0.726. The highest BCUT2D eigenvalue weighted by Crippen LogP contribution is 2.18. The van der Waals surface area contributed by atoms with Gasteiger partial charge in [0.15, 0.2) is 0 Å². The quantitative estimate of drug-likeness (QED) is 0.852. The van der Waals surface area contributed by atoms with Crippen LogP contribution in [0.2, 0.25) is 0 Å². The van der Waals surface area contributed by atoms with E-state index in [0.29, 0.717) is 11.6 Å². The lowest BCUT2D eigenvalue weighted by Gasteiger charge is -2.14. The van der Waals surface area contributed by atoms with Gasteiger partial charge < -0.3 is 11.1 Å². The molecule has 0 amide bonds. The predicted octanol–water partition coefficient (Wildman–Crippen LogP) is 2.37. The predicted molar refractivity (Wildman–Crippen MR) is 64.9 cm³/mol. The molecule has 0 radical (unpaired) electrons. The normalized spacial score (nSPS) is 12.1. The van der Waals surface area contributed by atoms with Crippen LogP contribution in [0.5, 0.6) is 0 Å². The SMILES string of the molecule is CC(Nc1ccc(N)nn1)c1cccc(F)c1. The van der Waals surface area contributed by atoms with E-state index in [1.165, 1.54) is 12.1 Å². The van der Waals surface area contributed by atoms with Crippen molar-refractivity contribution in [1.29, 1.82) is 0 Å². The molecule has 5 heteroatoms. The highest BCUT2D eigenvalue weighted by molar-refractivity contribution is 5.40. The number of nitrogens with zero attached hydrogens (tertiary/aromatic N) is 2. The Labute approximate surface area is 98.7 Å². The van der Waals surface area contributed by atoms with Crippen LogP contribution in [0.25, 0.3) is 0 Å². The molecule has 0 aliphatic rings. The fourth-order valence-corrected chi connectivity index (χ4v) is 1.50. The molecular weight excluding hydrogens is 219 g/mol. The van der Waals surface area contributed by atoms with Gasteiger partial charge >= 0.3 is 0 Å². The van der Waals surface area contributed by atoms with Gasteiger partial charge in [-0.1, -0.05) is 12.1 Å². The first-order chi connectivity index (χ1) is 8.15. The first-order valence-corrected chi connectivity index (χ1v) is 5.26. The summed E-state index contributed by atoms with van der Waals surface area (Å²) in [6.45, 7) is 1.92. The Balaban J connectivity index is 2.11. The molecule has 4 nitrogen and oxygen atoms in total. The van der Waals surface area contributed by atoms with E-state index in [4.69, 9.17) is 5.73 Å². The van der Waals surface area contributed by atoms with Gasteiger partial charge in [-0.3, -0.25) is 0 Å². The largest absolute Gasteiger partial charge is 0.382 e. The number of rotatable bonds is 3. The van der Waals surface area contributed by atoms with Gasteiger partial charge in [-0.2, -0.15) is 0 Å². The molecule has 1 heterocycles. The zero-order valence-electron chi connectivity index (χ0n) is 9.39. The molecule has 0 bridgehead atoms. The number of hydrogen-bond acceptors (Lipinski definition) is 4. The Bertz CT molecular complexity index is 498. The molecule has 17 heavy (non-hydrogen) atoms. The van der Waals surface area contributed by atoms with Gasteiger partial charge in [-0.15, -0.1) is 10.2 Å². The van der Waals surface area contributed by atoms with E-state index in [0.717, 1.165) is 5.56 Å². The van der Waals surface area contributed by atoms with Crippen LogP contribution in [-0.2, 0) is 0 Å². The minimum Gasteiger partial charge on any atom is -0.382 e. The second-order valence-electron chi connectivity index (χ2n) is 3.76. The molecule has 2 rings (SSSR count). The molecule has 0 aliphatic carbocycles. The highest BCUT2D eigenvalue weighted by atomic mass is 19.1. The number of hydrogen-bond donors (Lipinski definition) is 2. The number of anilines is 2. The molecule has 1 unspecified atom stereocenters. The standard InChI is InChI=1S/C12H13FN4/c1-8(9-3-2-4-10(13)7-9)15-12-6-5-11(14)16-17-12/h2-8H,1H3,(H2,14,16)(H,15,17). The van der Waals surface area contributed by atoms with Crippen LogP contribution in [0.1, 0.15) is 18.5 Å². The summed E-state index contributed by atoms with van der Waals surface area (Å²) in [6.07, 6.45) is 0. The number of benzene rings is 1. The lowest BCUT2D eigenvalue weighted by Crippen LogP contribution is -2.09. The second kappa shape index (κ2) is 4.78. The fraction of sp³-hybridized carbons (Fsp3) is 0.167. The molecule has 1 aromatic heterocycles. The van der Waals surface area contributed by atoms with Crippen molar-refractivity contribution in [3.63, 3.8) is 0 Å². The van der Waals surface area contributed by atoms with Crippen molar-refractivity contribution in [2.45, 2.75) is 13.0 Å². The maximum Gasteiger partial charge on any atom is 0.149 e. The maximum absolute atomic E-state index is 13.0. The Morgan fingerprint density at radius 1 is 1.24 bits per heavy atom. The highest BCUT2D eigenvalue weighted by Gasteiger charge is 2.06. The monoisotopic (exact) mass is 232 g/mol. The Morgan fingerprint density at radius 2 is 2.06 bits per heavy atom. The second-order valence-corrected chi connectivity index (χ2v) is 3.76. The summed E-state index contributed by atoms with van der Waals surface area (Å²) in [7, 11) is 0. The van der Waals surface area contributed by atoms with Crippen molar-refractivity contribution in [1.82, 2.24) is 10.2 Å². The lowest BCUT2D eigenvalue weighted by atomic mass is 10.1. The minimum atomic E-state index is -0.250. The number of nitrogen functional groups attached to an aromatic ring is 1. The van der Waals surface area contributed by atoms with Crippen molar-refractivity contribution in [2.24, 2.45) is 0 Å². The van der Waals surface area contributed by atoms with Gasteiger partial charge in [0.1, 0.15) is 17.5 Å². The topological polar surface area (TPSA) is 63.8 Å². The Hall–Kier alpha value is -2.17. The maximum atomic E-state index is 13.0. The summed E-state index contributed by atoms with van der Waals surface area (Å²) < 4.78 is 13.0. The van der Waals surface area contributed by atoms with Crippen molar-refractivity contribution < 1.29 is 4.39 Å². The Morgan fingerprint density at radius 3 is 2.71 bits per heavy atom. The van der Waals surface area contributed by atoms with Crippen LogP contribution < -0.4 is 11.1 Å². The first kappa shape index (κ1) is 11.3. The summed E-state index contributed by atoms with van der Waals surface area (Å²) in [6, 6.07) is 9.78. The molecule has 0 saturated heterocycles. The molecule has 0 saturated carbocycles. The van der Waals surface area contributed by atoms with Crippen LogP contribution in [-0.4, -0.2) is 10.2 Å². The van der Waals surface area contributed by atoms with E-state index in [2.05, 4.69) is 15.5 Å². The van der Waals surface area contributed by atoms with E-state index in [9.17, 15) is 4.39 Å². The summed E-state index contributed by atoms with van der Waals surface area (Å²) in [5.41, 5.74) is 6.29.